The van der Waals surface area contributed by atoms with Crippen LogP contribution in [0.25, 0.3) is 0 Å². The van der Waals surface area contributed by atoms with Crippen LogP contribution >= 0.6 is 23.2 Å². The average Bonchev–Trinajstić information content (AvgIpc) is 2.68. The largest absolute Gasteiger partial charge is 0.357 e. The number of aryl methyl sites for hydroxylation is 1. The molecule has 10 heteroatoms. The number of nitrogens with zero attached hydrogens (tertiary/aromatic N) is 2. The molecule has 0 aliphatic carbocycles. The summed E-state index contributed by atoms with van der Waals surface area (Å²) in [5, 5.41) is 3.00. The summed E-state index contributed by atoms with van der Waals surface area (Å²) in [4.78, 5) is 26.9. The van der Waals surface area contributed by atoms with Crippen molar-refractivity contribution in [3.05, 3.63) is 63.6 Å². The lowest BCUT2D eigenvalue weighted by Crippen LogP contribution is -2.50. The Hall–Kier alpha value is -2.29. The van der Waals surface area contributed by atoms with Crippen LogP contribution in [0.15, 0.2) is 42.5 Å². The number of anilines is 1. The summed E-state index contributed by atoms with van der Waals surface area (Å²) in [7, 11) is -2.37. The van der Waals surface area contributed by atoms with E-state index in [1.165, 1.54) is 30.1 Å². The maximum Gasteiger partial charge on any atom is 0.244 e. The van der Waals surface area contributed by atoms with E-state index in [2.05, 4.69) is 5.32 Å². The molecule has 0 saturated heterocycles. The Labute approximate surface area is 193 Å². The van der Waals surface area contributed by atoms with Crippen molar-refractivity contribution in [1.29, 1.82) is 0 Å². The number of amides is 2. The number of nitrogens with one attached hydrogen (secondary N) is 1. The molecule has 31 heavy (non-hydrogen) atoms. The summed E-state index contributed by atoms with van der Waals surface area (Å²) >= 11 is 12.0. The van der Waals surface area contributed by atoms with Gasteiger partial charge in [-0.25, -0.2) is 8.42 Å². The number of hydrogen-bond acceptors (Lipinski definition) is 4. The molecule has 0 heterocycles. The van der Waals surface area contributed by atoms with Gasteiger partial charge in [0.1, 0.15) is 12.6 Å². The predicted molar refractivity (Wildman–Crippen MR) is 124 cm³/mol. The van der Waals surface area contributed by atoms with Gasteiger partial charge < -0.3 is 10.2 Å². The number of rotatable bonds is 8. The van der Waals surface area contributed by atoms with Crippen molar-refractivity contribution in [3.63, 3.8) is 0 Å². The molecule has 0 radical (unpaired) electrons. The van der Waals surface area contributed by atoms with E-state index in [9.17, 15) is 18.0 Å². The zero-order valence-electron chi connectivity index (χ0n) is 17.7. The van der Waals surface area contributed by atoms with Gasteiger partial charge in [-0.1, -0.05) is 53.0 Å². The van der Waals surface area contributed by atoms with Gasteiger partial charge in [0.25, 0.3) is 0 Å². The summed E-state index contributed by atoms with van der Waals surface area (Å²) in [5.74, 6) is -0.907. The Morgan fingerprint density at radius 1 is 1.06 bits per heavy atom. The minimum Gasteiger partial charge on any atom is -0.357 e. The van der Waals surface area contributed by atoms with Gasteiger partial charge in [-0.05, 0) is 37.6 Å². The Balaban J connectivity index is 2.40. The van der Waals surface area contributed by atoms with Gasteiger partial charge in [0.15, 0.2) is 0 Å². The monoisotopic (exact) mass is 485 g/mol. The van der Waals surface area contributed by atoms with Crippen molar-refractivity contribution in [2.45, 2.75) is 26.4 Å². The Kier molecular flexibility index (Phi) is 8.34. The van der Waals surface area contributed by atoms with Crippen LogP contribution in [0.5, 0.6) is 0 Å². The molecule has 1 atom stereocenters. The van der Waals surface area contributed by atoms with E-state index < -0.39 is 28.5 Å². The smallest absolute Gasteiger partial charge is 0.244 e. The normalized spacial score (nSPS) is 12.2. The molecule has 7 nitrogen and oxygen atoms in total. The highest BCUT2D eigenvalue weighted by Gasteiger charge is 2.29. The fraction of sp³-hybridized carbons (Fsp3) is 0.333. The first-order valence-corrected chi connectivity index (χ1v) is 12.0. The summed E-state index contributed by atoms with van der Waals surface area (Å²) in [6.07, 6.45) is 0.988. The highest BCUT2D eigenvalue weighted by Crippen LogP contribution is 2.27. The van der Waals surface area contributed by atoms with Crippen LogP contribution in [0, 0.1) is 6.92 Å². The van der Waals surface area contributed by atoms with Crippen LogP contribution in [0.1, 0.15) is 18.1 Å². The third kappa shape index (κ3) is 6.85. The van der Waals surface area contributed by atoms with Crippen molar-refractivity contribution < 1.29 is 18.0 Å². The zero-order chi connectivity index (χ0) is 23.3. The van der Waals surface area contributed by atoms with Gasteiger partial charge in [-0.2, -0.15) is 0 Å². The molecule has 2 aromatic carbocycles. The molecule has 0 saturated carbocycles. The molecule has 2 rings (SSSR count). The highest BCUT2D eigenvalue weighted by molar-refractivity contribution is 7.92. The SMILES string of the molecule is CNC(=O)[C@H](C)N(Cc1ccc(C)cc1)C(=O)CN(c1cc(Cl)cc(Cl)c1)S(C)(=O)=O. The maximum atomic E-state index is 13.3. The third-order valence-corrected chi connectivity index (χ3v) is 6.28. The summed E-state index contributed by atoms with van der Waals surface area (Å²) in [5.41, 5.74) is 2.03. The molecular formula is C21H25Cl2N3O4S. The second-order valence-corrected chi connectivity index (χ2v) is 9.97. The molecule has 1 N–H and O–H groups in total. The second kappa shape index (κ2) is 10.3. The van der Waals surface area contributed by atoms with Crippen LogP contribution in [0.4, 0.5) is 5.69 Å². The number of sulfonamides is 1. The van der Waals surface area contributed by atoms with Crippen LogP contribution in [-0.4, -0.2) is 51.0 Å². The van der Waals surface area contributed by atoms with Crippen LogP contribution in [0.3, 0.4) is 0 Å². The molecule has 0 bridgehead atoms. The number of carbonyl (C=O) groups is 2. The van der Waals surface area contributed by atoms with Gasteiger partial charge >= 0.3 is 0 Å². The van der Waals surface area contributed by atoms with Gasteiger partial charge in [-0.15, -0.1) is 0 Å². The Morgan fingerprint density at radius 2 is 1.61 bits per heavy atom. The molecule has 168 valence electrons. The predicted octanol–water partition coefficient (Wildman–Crippen LogP) is 3.23. The van der Waals surface area contributed by atoms with E-state index in [1.54, 1.807) is 6.92 Å². The van der Waals surface area contributed by atoms with E-state index in [-0.39, 0.29) is 28.2 Å². The molecule has 0 unspecified atom stereocenters. The molecular weight excluding hydrogens is 461 g/mol. The zero-order valence-corrected chi connectivity index (χ0v) is 20.1. The van der Waals surface area contributed by atoms with E-state index >= 15 is 0 Å². The molecule has 0 fully saturated rings. The van der Waals surface area contributed by atoms with Crippen molar-refractivity contribution in [3.8, 4) is 0 Å². The quantitative estimate of drug-likeness (QED) is 0.621. The maximum absolute atomic E-state index is 13.3. The molecule has 0 aliphatic rings. The minimum absolute atomic E-state index is 0.140. The van der Waals surface area contributed by atoms with Gasteiger partial charge in [0.2, 0.25) is 21.8 Å². The number of carbonyl (C=O) groups excluding carboxylic acids is 2. The lowest BCUT2D eigenvalue weighted by molar-refractivity contribution is -0.139. The van der Waals surface area contributed by atoms with E-state index in [4.69, 9.17) is 23.2 Å². The summed E-state index contributed by atoms with van der Waals surface area (Å²) < 4.78 is 25.8. The van der Waals surface area contributed by atoms with Crippen molar-refractivity contribution in [2.24, 2.45) is 0 Å². The molecule has 0 spiro atoms. The van der Waals surface area contributed by atoms with E-state index in [1.807, 2.05) is 31.2 Å². The molecule has 2 amide bonds. The van der Waals surface area contributed by atoms with Gasteiger partial charge in [-0.3, -0.25) is 13.9 Å². The minimum atomic E-state index is -3.84. The average molecular weight is 486 g/mol. The fourth-order valence-electron chi connectivity index (χ4n) is 2.98. The lowest BCUT2D eigenvalue weighted by atomic mass is 10.1. The standard InChI is InChI=1S/C21H25Cl2N3O4S/c1-14-5-7-16(8-6-14)12-25(15(2)21(28)24-3)20(27)13-26(31(4,29)30)19-10-17(22)9-18(23)11-19/h5-11,15H,12-13H2,1-4H3,(H,24,28)/t15-/m0/s1. The lowest BCUT2D eigenvalue weighted by Gasteiger charge is -2.31. The second-order valence-electron chi connectivity index (χ2n) is 7.19. The third-order valence-electron chi connectivity index (χ3n) is 4.70. The van der Waals surface area contributed by atoms with Gasteiger partial charge in [0, 0.05) is 23.6 Å². The number of benzene rings is 2. The Morgan fingerprint density at radius 3 is 2.10 bits per heavy atom. The van der Waals surface area contributed by atoms with Crippen LogP contribution < -0.4 is 9.62 Å². The van der Waals surface area contributed by atoms with E-state index in [0.29, 0.717) is 0 Å². The van der Waals surface area contributed by atoms with Gasteiger partial charge in [0.05, 0.1) is 11.9 Å². The molecule has 2 aromatic rings. The van der Waals surface area contributed by atoms with Crippen molar-refractivity contribution in [1.82, 2.24) is 10.2 Å². The summed E-state index contributed by atoms with van der Waals surface area (Å²) in [6.45, 7) is 3.16. The first kappa shape index (κ1) is 25.0. The topological polar surface area (TPSA) is 86.8 Å². The fourth-order valence-corrected chi connectivity index (χ4v) is 4.33. The van der Waals surface area contributed by atoms with Crippen molar-refractivity contribution >= 4 is 50.7 Å². The van der Waals surface area contributed by atoms with Crippen LogP contribution in [0.2, 0.25) is 10.0 Å². The number of likely N-dealkylation sites (N-methyl/N-ethyl adjacent to an activating group) is 1. The molecule has 0 aromatic heterocycles. The first-order chi connectivity index (χ1) is 14.4. The first-order valence-electron chi connectivity index (χ1n) is 9.42. The van der Waals surface area contributed by atoms with Crippen molar-refractivity contribution in [2.75, 3.05) is 24.2 Å². The number of halogens is 2. The Bertz CT molecular complexity index is 1040. The number of hydrogen-bond donors (Lipinski definition) is 1. The van der Waals surface area contributed by atoms with E-state index in [0.717, 1.165) is 21.7 Å². The molecule has 0 aliphatic heterocycles. The summed E-state index contributed by atoms with van der Waals surface area (Å²) in [6, 6.07) is 11.0. The van der Waals surface area contributed by atoms with Crippen LogP contribution in [-0.2, 0) is 26.2 Å². The highest BCUT2D eigenvalue weighted by atomic mass is 35.5.